The Balaban J connectivity index is 1.77. The maximum Gasteiger partial charge on any atom is 0.329 e. The van der Waals surface area contributed by atoms with E-state index in [9.17, 15) is 14.9 Å². The highest BCUT2D eigenvalue weighted by Crippen LogP contribution is 2.29. The molecule has 0 spiro atoms. The van der Waals surface area contributed by atoms with E-state index in [1.165, 1.54) is 11.3 Å². The zero-order valence-corrected chi connectivity index (χ0v) is 15.8. The molecular formula is C16H21N7O3S. The van der Waals surface area contributed by atoms with Crippen LogP contribution in [0.15, 0.2) is 17.8 Å². The van der Waals surface area contributed by atoms with E-state index < -0.39 is 11.0 Å². The summed E-state index contributed by atoms with van der Waals surface area (Å²) in [5.74, 6) is 0.330. The van der Waals surface area contributed by atoms with Crippen LogP contribution in [0.3, 0.4) is 0 Å². The quantitative estimate of drug-likeness (QED) is 0.439. The average Bonchev–Trinajstić information content (AvgIpc) is 3.26. The van der Waals surface area contributed by atoms with Gasteiger partial charge in [0.2, 0.25) is 17.7 Å². The lowest BCUT2D eigenvalue weighted by molar-refractivity contribution is -0.384. The van der Waals surface area contributed by atoms with Gasteiger partial charge in [-0.2, -0.15) is 4.98 Å². The second-order valence-electron chi connectivity index (χ2n) is 6.76. The Hall–Kier alpha value is -2.82. The first kappa shape index (κ1) is 19.0. The molecule has 2 aromatic heterocycles. The Morgan fingerprint density at radius 3 is 2.78 bits per heavy atom. The molecule has 1 aliphatic carbocycles. The molecule has 1 unspecified atom stereocenters. The van der Waals surface area contributed by atoms with Crippen LogP contribution in [0, 0.1) is 16.0 Å². The van der Waals surface area contributed by atoms with E-state index >= 15 is 0 Å². The molecule has 0 saturated heterocycles. The molecule has 2 aromatic rings. The minimum Gasteiger partial charge on any atom is -0.361 e. The summed E-state index contributed by atoms with van der Waals surface area (Å²) < 4.78 is 0. The molecule has 1 saturated carbocycles. The maximum atomic E-state index is 12.6. The first-order valence-electron chi connectivity index (χ1n) is 8.67. The van der Waals surface area contributed by atoms with E-state index in [2.05, 4.69) is 30.9 Å². The molecule has 3 rings (SSSR count). The summed E-state index contributed by atoms with van der Waals surface area (Å²) in [6, 6.07) is -0.393. The molecule has 2 heterocycles. The van der Waals surface area contributed by atoms with Crippen molar-refractivity contribution in [3.8, 4) is 0 Å². The third kappa shape index (κ3) is 5.33. The SMILES string of the molecule is CC(C)CC(Nc1ncc([N+](=O)[O-])c(NC2CC2)n1)C(=O)Nc1nccs1. The van der Waals surface area contributed by atoms with Gasteiger partial charge in [0.05, 0.1) is 4.92 Å². The highest BCUT2D eigenvalue weighted by molar-refractivity contribution is 7.13. The van der Waals surface area contributed by atoms with Crippen molar-refractivity contribution in [3.63, 3.8) is 0 Å². The molecule has 1 amide bonds. The van der Waals surface area contributed by atoms with Gasteiger partial charge in [-0.05, 0) is 25.2 Å². The number of anilines is 3. The number of hydrogen-bond acceptors (Lipinski definition) is 9. The molecule has 0 radical (unpaired) electrons. The van der Waals surface area contributed by atoms with Crippen molar-refractivity contribution in [1.82, 2.24) is 15.0 Å². The van der Waals surface area contributed by atoms with E-state index in [0.29, 0.717) is 11.6 Å². The van der Waals surface area contributed by atoms with E-state index in [0.717, 1.165) is 19.0 Å². The second-order valence-corrected chi connectivity index (χ2v) is 7.65. The third-order valence-electron chi connectivity index (χ3n) is 3.87. The van der Waals surface area contributed by atoms with Gasteiger partial charge < -0.3 is 16.0 Å². The smallest absolute Gasteiger partial charge is 0.329 e. The minimum atomic E-state index is -0.593. The molecule has 0 bridgehead atoms. The first-order chi connectivity index (χ1) is 12.9. The fraction of sp³-hybridized carbons (Fsp3) is 0.500. The van der Waals surface area contributed by atoms with E-state index in [4.69, 9.17) is 0 Å². The molecule has 1 atom stereocenters. The number of aromatic nitrogens is 3. The van der Waals surface area contributed by atoms with Crippen LogP contribution in [0.2, 0.25) is 0 Å². The standard InChI is InChI=1S/C16H21N7O3S/c1-9(2)7-11(14(24)22-16-17-5-6-27-16)20-15-18-8-12(23(25)26)13(21-15)19-10-3-4-10/h5-6,8-11H,3-4,7H2,1-2H3,(H,17,22,24)(H2,18,19,20,21). The average molecular weight is 391 g/mol. The van der Waals surface area contributed by atoms with Crippen molar-refractivity contribution < 1.29 is 9.72 Å². The summed E-state index contributed by atoms with van der Waals surface area (Å²) in [7, 11) is 0. The number of hydrogen-bond donors (Lipinski definition) is 3. The van der Waals surface area contributed by atoms with Crippen LogP contribution >= 0.6 is 11.3 Å². The van der Waals surface area contributed by atoms with Crippen molar-refractivity contribution in [2.75, 3.05) is 16.0 Å². The summed E-state index contributed by atoms with van der Waals surface area (Å²) in [6.45, 7) is 4.00. The highest BCUT2D eigenvalue weighted by Gasteiger charge is 2.28. The van der Waals surface area contributed by atoms with Crippen LogP contribution in [0.25, 0.3) is 0 Å². The lowest BCUT2D eigenvalue weighted by atomic mass is 10.0. The highest BCUT2D eigenvalue weighted by atomic mass is 32.1. The lowest BCUT2D eigenvalue weighted by Gasteiger charge is -2.19. The molecule has 1 aliphatic rings. The summed E-state index contributed by atoms with van der Waals surface area (Å²) in [5, 5.41) is 22.3. The van der Waals surface area contributed by atoms with Crippen LogP contribution in [0.5, 0.6) is 0 Å². The van der Waals surface area contributed by atoms with E-state index in [1.54, 1.807) is 11.6 Å². The van der Waals surface area contributed by atoms with Crippen LogP contribution < -0.4 is 16.0 Å². The maximum absolute atomic E-state index is 12.6. The van der Waals surface area contributed by atoms with Gasteiger partial charge in [-0.1, -0.05) is 13.8 Å². The third-order valence-corrected chi connectivity index (χ3v) is 4.56. The molecule has 10 nitrogen and oxygen atoms in total. The lowest BCUT2D eigenvalue weighted by Crippen LogP contribution is -2.36. The fourth-order valence-corrected chi connectivity index (χ4v) is 2.97. The van der Waals surface area contributed by atoms with Crippen LogP contribution in [-0.4, -0.2) is 37.9 Å². The number of nitro groups is 1. The fourth-order valence-electron chi connectivity index (χ4n) is 2.44. The normalized spacial score (nSPS) is 14.6. The Bertz CT molecular complexity index is 808. The van der Waals surface area contributed by atoms with Gasteiger partial charge in [-0.3, -0.25) is 14.9 Å². The van der Waals surface area contributed by atoms with Gasteiger partial charge >= 0.3 is 5.69 Å². The number of rotatable bonds is 9. The predicted octanol–water partition coefficient (Wildman–Crippen LogP) is 2.88. The second kappa shape index (κ2) is 8.25. The van der Waals surface area contributed by atoms with Gasteiger partial charge in [0.25, 0.3) is 0 Å². The van der Waals surface area contributed by atoms with Crippen LogP contribution in [-0.2, 0) is 4.79 Å². The van der Waals surface area contributed by atoms with Crippen molar-refractivity contribution in [3.05, 3.63) is 27.9 Å². The van der Waals surface area contributed by atoms with E-state index in [1.807, 2.05) is 13.8 Å². The van der Waals surface area contributed by atoms with Gasteiger partial charge in [-0.15, -0.1) is 11.3 Å². The number of carbonyl (C=O) groups is 1. The topological polar surface area (TPSA) is 135 Å². The van der Waals surface area contributed by atoms with Gasteiger partial charge in [0, 0.05) is 17.6 Å². The minimum absolute atomic E-state index is 0.170. The molecule has 144 valence electrons. The number of nitrogens with zero attached hydrogens (tertiary/aromatic N) is 4. The zero-order valence-electron chi connectivity index (χ0n) is 15.0. The Labute approximate surface area is 160 Å². The number of nitrogens with one attached hydrogen (secondary N) is 3. The van der Waals surface area contributed by atoms with Crippen molar-refractivity contribution in [1.29, 1.82) is 0 Å². The zero-order chi connectivity index (χ0) is 19.4. The molecule has 11 heteroatoms. The van der Waals surface area contributed by atoms with Crippen LogP contribution in [0.1, 0.15) is 33.1 Å². The largest absolute Gasteiger partial charge is 0.361 e. The number of amides is 1. The van der Waals surface area contributed by atoms with E-state index in [-0.39, 0.29) is 35.3 Å². The number of carbonyl (C=O) groups excluding carboxylic acids is 1. The van der Waals surface area contributed by atoms with Crippen LogP contribution in [0.4, 0.5) is 22.6 Å². The Morgan fingerprint density at radius 2 is 2.19 bits per heavy atom. The molecule has 3 N–H and O–H groups in total. The summed E-state index contributed by atoms with van der Waals surface area (Å²) in [6.07, 6.45) is 5.22. The Kier molecular flexibility index (Phi) is 5.79. The predicted molar refractivity (Wildman–Crippen MR) is 103 cm³/mol. The monoisotopic (exact) mass is 391 g/mol. The molecule has 0 aliphatic heterocycles. The summed E-state index contributed by atoms with van der Waals surface area (Å²) in [5.41, 5.74) is -0.180. The first-order valence-corrected chi connectivity index (χ1v) is 9.55. The molecular weight excluding hydrogens is 370 g/mol. The van der Waals surface area contributed by atoms with Gasteiger partial charge in [0.1, 0.15) is 12.2 Å². The van der Waals surface area contributed by atoms with Crippen molar-refractivity contribution >= 4 is 39.8 Å². The van der Waals surface area contributed by atoms with Gasteiger partial charge in [0.15, 0.2) is 5.13 Å². The van der Waals surface area contributed by atoms with Crippen molar-refractivity contribution in [2.45, 2.75) is 45.2 Å². The molecule has 1 fully saturated rings. The molecule has 0 aromatic carbocycles. The summed E-state index contributed by atoms with van der Waals surface area (Å²) >= 11 is 1.33. The molecule has 27 heavy (non-hydrogen) atoms. The number of thiazole rings is 1. The summed E-state index contributed by atoms with van der Waals surface area (Å²) in [4.78, 5) is 35.6. The van der Waals surface area contributed by atoms with Crippen molar-refractivity contribution in [2.24, 2.45) is 5.92 Å². The van der Waals surface area contributed by atoms with Gasteiger partial charge in [-0.25, -0.2) is 9.97 Å². The Morgan fingerprint density at radius 1 is 1.41 bits per heavy atom.